The standard InChI is InChI=1S/C9H12N4O3/c1-6-3-7(13(15)16)4-11-9(6)12-5-8(14)10-2/h3-4H,5H2,1-2H3,(H,10,14)(H,11,12). The van der Waals surface area contributed by atoms with Crippen LogP contribution in [0, 0.1) is 17.0 Å². The molecule has 0 radical (unpaired) electrons. The first-order valence-corrected chi connectivity index (χ1v) is 4.60. The quantitative estimate of drug-likeness (QED) is 0.571. The van der Waals surface area contributed by atoms with Gasteiger partial charge in [-0.15, -0.1) is 0 Å². The van der Waals surface area contributed by atoms with Gasteiger partial charge in [-0.3, -0.25) is 14.9 Å². The van der Waals surface area contributed by atoms with Crippen molar-refractivity contribution in [1.82, 2.24) is 10.3 Å². The molecule has 1 amide bonds. The van der Waals surface area contributed by atoms with Gasteiger partial charge in [0, 0.05) is 13.1 Å². The number of rotatable bonds is 4. The van der Waals surface area contributed by atoms with Gasteiger partial charge in [0.25, 0.3) is 5.69 Å². The summed E-state index contributed by atoms with van der Waals surface area (Å²) in [5.74, 6) is 0.286. The van der Waals surface area contributed by atoms with Gasteiger partial charge >= 0.3 is 0 Å². The molecule has 1 heterocycles. The predicted molar refractivity (Wildman–Crippen MR) is 58.2 cm³/mol. The number of amides is 1. The van der Waals surface area contributed by atoms with Crippen molar-refractivity contribution >= 4 is 17.4 Å². The zero-order chi connectivity index (χ0) is 12.1. The number of nitrogens with zero attached hydrogens (tertiary/aromatic N) is 2. The molecule has 1 aromatic rings. The lowest BCUT2D eigenvalue weighted by Gasteiger charge is -2.06. The van der Waals surface area contributed by atoms with Gasteiger partial charge in [-0.2, -0.15) is 0 Å². The van der Waals surface area contributed by atoms with Gasteiger partial charge in [-0.25, -0.2) is 4.98 Å². The molecule has 1 aromatic heterocycles. The third kappa shape index (κ3) is 2.91. The van der Waals surface area contributed by atoms with E-state index in [1.54, 1.807) is 6.92 Å². The maximum atomic E-state index is 11.0. The molecule has 0 aliphatic carbocycles. The molecule has 0 fully saturated rings. The smallest absolute Gasteiger partial charge is 0.287 e. The summed E-state index contributed by atoms with van der Waals surface area (Å²) in [6.07, 6.45) is 1.15. The summed E-state index contributed by atoms with van der Waals surface area (Å²) >= 11 is 0. The summed E-state index contributed by atoms with van der Waals surface area (Å²) in [4.78, 5) is 24.8. The maximum Gasteiger partial charge on any atom is 0.287 e. The average molecular weight is 224 g/mol. The fourth-order valence-electron chi connectivity index (χ4n) is 1.10. The molecule has 0 atom stereocenters. The molecule has 0 saturated carbocycles. The normalized spacial score (nSPS) is 9.62. The van der Waals surface area contributed by atoms with Crippen LogP contribution >= 0.6 is 0 Å². The highest BCUT2D eigenvalue weighted by Crippen LogP contribution is 2.17. The van der Waals surface area contributed by atoms with Crippen LogP contribution in [0.2, 0.25) is 0 Å². The number of anilines is 1. The summed E-state index contributed by atoms with van der Waals surface area (Å²) < 4.78 is 0. The van der Waals surface area contributed by atoms with Crippen LogP contribution in [-0.4, -0.2) is 29.4 Å². The van der Waals surface area contributed by atoms with E-state index < -0.39 is 4.92 Å². The van der Waals surface area contributed by atoms with Crippen LogP contribution in [0.4, 0.5) is 11.5 Å². The Bertz CT molecular complexity index is 419. The minimum atomic E-state index is -0.511. The third-order valence-corrected chi connectivity index (χ3v) is 1.97. The topological polar surface area (TPSA) is 97.2 Å². The molecule has 0 aliphatic rings. The molecule has 2 N–H and O–H groups in total. The van der Waals surface area contributed by atoms with Crippen LogP contribution in [0.3, 0.4) is 0 Å². The fourth-order valence-corrected chi connectivity index (χ4v) is 1.10. The number of likely N-dealkylation sites (N-methyl/N-ethyl adjacent to an activating group) is 1. The van der Waals surface area contributed by atoms with Gasteiger partial charge < -0.3 is 10.6 Å². The van der Waals surface area contributed by atoms with Gasteiger partial charge in [-0.05, 0) is 12.5 Å². The van der Waals surface area contributed by atoms with Gasteiger partial charge in [0.2, 0.25) is 5.91 Å². The summed E-state index contributed by atoms with van der Waals surface area (Å²) in [7, 11) is 1.53. The number of carbonyl (C=O) groups excluding carboxylic acids is 1. The van der Waals surface area contributed by atoms with E-state index in [2.05, 4.69) is 15.6 Å². The Kier molecular flexibility index (Phi) is 3.76. The highest BCUT2D eigenvalue weighted by atomic mass is 16.6. The van der Waals surface area contributed by atoms with E-state index in [1.807, 2.05) is 0 Å². The summed E-state index contributed by atoms with van der Waals surface area (Å²) in [5, 5.41) is 15.7. The fraction of sp³-hybridized carbons (Fsp3) is 0.333. The molecular weight excluding hydrogens is 212 g/mol. The van der Waals surface area contributed by atoms with Crippen molar-refractivity contribution in [3.63, 3.8) is 0 Å². The van der Waals surface area contributed by atoms with E-state index in [4.69, 9.17) is 0 Å². The minimum absolute atomic E-state index is 0.0667. The van der Waals surface area contributed by atoms with Crippen LogP contribution in [0.5, 0.6) is 0 Å². The van der Waals surface area contributed by atoms with E-state index in [9.17, 15) is 14.9 Å². The highest BCUT2D eigenvalue weighted by Gasteiger charge is 2.09. The molecule has 7 heteroatoms. The van der Waals surface area contributed by atoms with Crippen molar-refractivity contribution in [2.75, 3.05) is 18.9 Å². The van der Waals surface area contributed by atoms with Crippen molar-refractivity contribution in [2.45, 2.75) is 6.92 Å². The number of carbonyl (C=O) groups is 1. The van der Waals surface area contributed by atoms with Gasteiger partial charge in [0.1, 0.15) is 12.0 Å². The van der Waals surface area contributed by atoms with Crippen molar-refractivity contribution in [1.29, 1.82) is 0 Å². The minimum Gasteiger partial charge on any atom is -0.361 e. The molecular formula is C9H12N4O3. The Hall–Kier alpha value is -2.18. The average Bonchev–Trinajstić information content (AvgIpc) is 2.26. The third-order valence-electron chi connectivity index (χ3n) is 1.97. The van der Waals surface area contributed by atoms with Crippen molar-refractivity contribution in [3.05, 3.63) is 27.9 Å². The molecule has 16 heavy (non-hydrogen) atoms. The van der Waals surface area contributed by atoms with Crippen molar-refractivity contribution in [2.24, 2.45) is 0 Å². The van der Waals surface area contributed by atoms with Crippen LogP contribution in [0.1, 0.15) is 5.56 Å². The van der Waals surface area contributed by atoms with Crippen LogP contribution in [0.15, 0.2) is 12.3 Å². The first kappa shape index (κ1) is 11.9. The molecule has 0 aromatic carbocycles. The summed E-state index contributed by atoms with van der Waals surface area (Å²) in [5.41, 5.74) is 0.557. The first-order valence-electron chi connectivity index (χ1n) is 4.60. The first-order chi connectivity index (χ1) is 7.54. The summed E-state index contributed by atoms with van der Waals surface area (Å²) in [6, 6.07) is 1.40. The maximum absolute atomic E-state index is 11.0. The molecule has 0 bridgehead atoms. The second kappa shape index (κ2) is 5.06. The molecule has 86 valence electrons. The van der Waals surface area contributed by atoms with Crippen LogP contribution < -0.4 is 10.6 Å². The molecule has 7 nitrogen and oxygen atoms in total. The zero-order valence-corrected chi connectivity index (χ0v) is 8.98. The Morgan fingerprint density at radius 3 is 2.81 bits per heavy atom. The van der Waals surface area contributed by atoms with E-state index in [0.717, 1.165) is 6.20 Å². The highest BCUT2D eigenvalue weighted by molar-refractivity contribution is 5.80. The lowest BCUT2D eigenvalue weighted by atomic mass is 10.2. The van der Waals surface area contributed by atoms with E-state index in [-0.39, 0.29) is 18.1 Å². The van der Waals surface area contributed by atoms with Gasteiger partial charge in [0.05, 0.1) is 11.5 Å². The SMILES string of the molecule is CNC(=O)CNc1ncc([N+](=O)[O-])cc1C. The monoisotopic (exact) mass is 224 g/mol. The zero-order valence-electron chi connectivity index (χ0n) is 8.98. The van der Waals surface area contributed by atoms with Crippen LogP contribution in [-0.2, 0) is 4.79 Å². The van der Waals surface area contributed by atoms with Crippen LogP contribution in [0.25, 0.3) is 0 Å². The van der Waals surface area contributed by atoms with E-state index in [0.29, 0.717) is 11.4 Å². The number of nitrogens with one attached hydrogen (secondary N) is 2. The lowest BCUT2D eigenvalue weighted by Crippen LogP contribution is -2.26. The molecule has 0 unspecified atom stereocenters. The van der Waals surface area contributed by atoms with E-state index >= 15 is 0 Å². The predicted octanol–water partition coefficient (Wildman–Crippen LogP) is 0.456. The molecule has 0 aliphatic heterocycles. The Labute approximate surface area is 92.0 Å². The Morgan fingerprint density at radius 1 is 1.62 bits per heavy atom. The second-order valence-corrected chi connectivity index (χ2v) is 3.14. The number of nitro groups is 1. The number of pyridine rings is 1. The van der Waals surface area contributed by atoms with Crippen molar-refractivity contribution < 1.29 is 9.72 Å². The number of aromatic nitrogens is 1. The largest absolute Gasteiger partial charge is 0.361 e. The molecule has 1 rings (SSSR count). The number of hydrogen-bond acceptors (Lipinski definition) is 5. The number of hydrogen-bond donors (Lipinski definition) is 2. The van der Waals surface area contributed by atoms with Gasteiger partial charge in [-0.1, -0.05) is 0 Å². The number of aryl methyl sites for hydroxylation is 1. The Morgan fingerprint density at radius 2 is 2.31 bits per heavy atom. The lowest BCUT2D eigenvalue weighted by molar-refractivity contribution is -0.385. The van der Waals surface area contributed by atoms with E-state index in [1.165, 1.54) is 13.1 Å². The molecule has 0 spiro atoms. The van der Waals surface area contributed by atoms with Gasteiger partial charge in [0.15, 0.2) is 0 Å². The van der Waals surface area contributed by atoms with Crippen molar-refractivity contribution in [3.8, 4) is 0 Å². The Balaban J connectivity index is 2.75. The molecule has 0 saturated heterocycles. The summed E-state index contributed by atoms with van der Waals surface area (Å²) in [6.45, 7) is 1.77. The second-order valence-electron chi connectivity index (χ2n) is 3.14.